The molecule has 7 heteroatoms. The van der Waals surface area contributed by atoms with Crippen molar-refractivity contribution >= 4 is 5.91 Å². The zero-order chi connectivity index (χ0) is 11.3. The van der Waals surface area contributed by atoms with E-state index in [4.69, 9.17) is 0 Å². The molecule has 1 N–H and O–H groups in total. The molecular weight excluding hydrogens is 208 g/mol. The van der Waals surface area contributed by atoms with E-state index in [1.165, 1.54) is 5.01 Å². The second-order valence-corrected chi connectivity index (χ2v) is 3.47. The first-order valence-corrected chi connectivity index (χ1v) is 4.77. The lowest BCUT2D eigenvalue weighted by molar-refractivity contribution is -0.127. The highest BCUT2D eigenvalue weighted by Gasteiger charge is 2.25. The summed E-state index contributed by atoms with van der Waals surface area (Å²) in [6.07, 6.45) is -1.25. The standard InChI is InChI=1S/C8H13F2N3O2/c9-7(10)4-11-8(14)6-2-1-3-13(5-6)12-15/h6-7H,1-5H2,(H,11,14)/t6-/m0/s1. The number of carbonyl (C=O) groups excluding carboxylic acids is 1. The molecule has 0 aromatic heterocycles. The number of nitroso groups, excluding NO2 is 1. The van der Waals surface area contributed by atoms with Gasteiger partial charge in [0.1, 0.15) is 0 Å². The Morgan fingerprint density at radius 2 is 2.33 bits per heavy atom. The normalized spacial score (nSPS) is 21.5. The van der Waals surface area contributed by atoms with Crippen molar-refractivity contribution in [3.05, 3.63) is 4.91 Å². The summed E-state index contributed by atoms with van der Waals surface area (Å²) >= 11 is 0. The first-order chi connectivity index (χ1) is 7.13. The Hall–Kier alpha value is -1.27. The SMILES string of the molecule is O=NN1CCC[C@H](C(=O)NCC(F)F)C1. The van der Waals surface area contributed by atoms with Crippen LogP contribution in [0.1, 0.15) is 12.8 Å². The van der Waals surface area contributed by atoms with E-state index in [1.54, 1.807) is 0 Å². The van der Waals surface area contributed by atoms with E-state index in [-0.39, 0.29) is 6.54 Å². The number of nitrogens with zero attached hydrogens (tertiary/aromatic N) is 2. The fraction of sp³-hybridized carbons (Fsp3) is 0.875. The third kappa shape index (κ3) is 3.77. The number of hydrogen-bond donors (Lipinski definition) is 1. The first kappa shape index (κ1) is 11.8. The van der Waals surface area contributed by atoms with Crippen LogP contribution in [0.3, 0.4) is 0 Å². The summed E-state index contributed by atoms with van der Waals surface area (Å²) in [7, 11) is 0. The fourth-order valence-corrected chi connectivity index (χ4v) is 1.57. The molecule has 0 saturated carbocycles. The molecule has 0 radical (unpaired) electrons. The van der Waals surface area contributed by atoms with Crippen molar-refractivity contribution in [2.75, 3.05) is 19.6 Å². The van der Waals surface area contributed by atoms with Gasteiger partial charge in [-0.25, -0.2) is 8.78 Å². The summed E-state index contributed by atoms with van der Waals surface area (Å²) in [5.74, 6) is -0.834. The van der Waals surface area contributed by atoms with E-state index in [0.29, 0.717) is 19.4 Å². The minimum Gasteiger partial charge on any atom is -0.350 e. The average Bonchev–Trinajstić information content (AvgIpc) is 2.26. The van der Waals surface area contributed by atoms with Gasteiger partial charge < -0.3 is 5.32 Å². The molecule has 1 aliphatic rings. The lowest BCUT2D eigenvalue weighted by Crippen LogP contribution is -2.42. The third-order valence-corrected chi connectivity index (χ3v) is 2.32. The molecule has 0 aromatic rings. The van der Waals surface area contributed by atoms with Gasteiger partial charge >= 0.3 is 0 Å². The van der Waals surface area contributed by atoms with Crippen LogP contribution in [-0.2, 0) is 4.79 Å². The topological polar surface area (TPSA) is 61.8 Å². The smallest absolute Gasteiger partial charge is 0.255 e. The molecule has 1 saturated heterocycles. The van der Waals surface area contributed by atoms with Gasteiger partial charge in [-0.1, -0.05) is 0 Å². The van der Waals surface area contributed by atoms with Gasteiger partial charge in [-0.05, 0) is 12.8 Å². The van der Waals surface area contributed by atoms with Crippen LogP contribution in [0.5, 0.6) is 0 Å². The lowest BCUT2D eigenvalue weighted by Gasteiger charge is -2.27. The quantitative estimate of drug-likeness (QED) is 0.713. The first-order valence-electron chi connectivity index (χ1n) is 4.77. The number of carbonyl (C=O) groups is 1. The summed E-state index contributed by atoms with van der Waals surface area (Å²) in [6.45, 7) is 0.116. The molecular formula is C8H13F2N3O2. The van der Waals surface area contributed by atoms with Crippen molar-refractivity contribution in [1.29, 1.82) is 0 Å². The fourth-order valence-electron chi connectivity index (χ4n) is 1.57. The van der Waals surface area contributed by atoms with Crippen molar-refractivity contribution in [3.63, 3.8) is 0 Å². The third-order valence-electron chi connectivity index (χ3n) is 2.32. The van der Waals surface area contributed by atoms with Gasteiger partial charge in [-0.15, -0.1) is 4.91 Å². The Bertz CT molecular complexity index is 238. The highest BCUT2D eigenvalue weighted by atomic mass is 19.3. The van der Waals surface area contributed by atoms with Crippen LogP contribution in [0.2, 0.25) is 0 Å². The summed E-state index contributed by atoms with van der Waals surface area (Å²) in [5, 5.41) is 6.11. The van der Waals surface area contributed by atoms with E-state index >= 15 is 0 Å². The average molecular weight is 221 g/mol. The predicted octanol–water partition coefficient (Wildman–Crippen LogP) is 0.761. The molecule has 5 nitrogen and oxygen atoms in total. The molecule has 0 bridgehead atoms. The highest BCUT2D eigenvalue weighted by Crippen LogP contribution is 2.16. The van der Waals surface area contributed by atoms with E-state index in [1.807, 2.05) is 0 Å². The zero-order valence-electron chi connectivity index (χ0n) is 8.16. The van der Waals surface area contributed by atoms with Crippen LogP contribution in [-0.4, -0.2) is 37.0 Å². The van der Waals surface area contributed by atoms with Crippen LogP contribution in [0.25, 0.3) is 0 Å². The van der Waals surface area contributed by atoms with E-state index < -0.39 is 24.8 Å². The van der Waals surface area contributed by atoms with Crippen molar-refractivity contribution in [3.8, 4) is 0 Å². The minimum absolute atomic E-state index is 0.221. The molecule has 0 aromatic carbocycles. The maximum atomic E-state index is 11.8. The van der Waals surface area contributed by atoms with Gasteiger partial charge in [0.25, 0.3) is 6.43 Å². The van der Waals surface area contributed by atoms with Crippen LogP contribution < -0.4 is 5.32 Å². The molecule has 1 aliphatic heterocycles. The van der Waals surface area contributed by atoms with Crippen molar-refractivity contribution in [2.45, 2.75) is 19.3 Å². The Labute approximate surface area is 85.8 Å². The minimum atomic E-state index is -2.54. The van der Waals surface area contributed by atoms with E-state index in [2.05, 4.69) is 10.6 Å². The van der Waals surface area contributed by atoms with Gasteiger partial charge in [-0.2, -0.15) is 0 Å². The van der Waals surface area contributed by atoms with Crippen LogP contribution in [0.15, 0.2) is 5.29 Å². The summed E-state index contributed by atoms with van der Waals surface area (Å²) in [6, 6.07) is 0. The second-order valence-electron chi connectivity index (χ2n) is 3.47. The number of piperidine rings is 1. The molecule has 1 rings (SSSR count). The van der Waals surface area contributed by atoms with Crippen molar-refractivity contribution in [2.24, 2.45) is 11.2 Å². The zero-order valence-corrected chi connectivity index (χ0v) is 8.16. The van der Waals surface area contributed by atoms with Gasteiger partial charge in [-0.3, -0.25) is 9.80 Å². The Kier molecular flexibility index (Phi) is 4.38. The van der Waals surface area contributed by atoms with E-state index in [9.17, 15) is 18.5 Å². The molecule has 1 atom stereocenters. The maximum Gasteiger partial charge on any atom is 0.255 e. The summed E-state index contributed by atoms with van der Waals surface area (Å²) in [5.41, 5.74) is 0. The van der Waals surface area contributed by atoms with Crippen molar-refractivity contribution < 1.29 is 13.6 Å². The molecule has 1 amide bonds. The molecule has 0 aliphatic carbocycles. The van der Waals surface area contributed by atoms with Gasteiger partial charge in [0.05, 0.1) is 24.3 Å². The molecule has 0 spiro atoms. The van der Waals surface area contributed by atoms with Crippen LogP contribution in [0, 0.1) is 10.8 Å². The Morgan fingerprint density at radius 3 is 2.93 bits per heavy atom. The van der Waals surface area contributed by atoms with Gasteiger partial charge in [0.15, 0.2) is 0 Å². The van der Waals surface area contributed by atoms with Crippen LogP contribution >= 0.6 is 0 Å². The van der Waals surface area contributed by atoms with Crippen LogP contribution in [0.4, 0.5) is 8.78 Å². The van der Waals surface area contributed by atoms with Crippen molar-refractivity contribution in [1.82, 2.24) is 10.3 Å². The molecule has 86 valence electrons. The van der Waals surface area contributed by atoms with E-state index in [0.717, 1.165) is 0 Å². The Morgan fingerprint density at radius 1 is 1.60 bits per heavy atom. The lowest BCUT2D eigenvalue weighted by atomic mass is 9.98. The summed E-state index contributed by atoms with van der Waals surface area (Å²) in [4.78, 5) is 21.6. The maximum absolute atomic E-state index is 11.8. The largest absolute Gasteiger partial charge is 0.350 e. The molecule has 1 fully saturated rings. The molecule has 15 heavy (non-hydrogen) atoms. The number of rotatable bonds is 4. The molecule has 0 unspecified atom stereocenters. The highest BCUT2D eigenvalue weighted by molar-refractivity contribution is 5.78. The number of amides is 1. The number of halogens is 2. The monoisotopic (exact) mass is 221 g/mol. The number of hydrogen-bond acceptors (Lipinski definition) is 3. The Balaban J connectivity index is 2.35. The molecule has 1 heterocycles. The van der Waals surface area contributed by atoms with Gasteiger partial charge in [0, 0.05) is 6.54 Å². The number of alkyl halides is 2. The number of nitrogens with one attached hydrogen (secondary N) is 1. The summed E-state index contributed by atoms with van der Waals surface area (Å²) < 4.78 is 23.6. The van der Waals surface area contributed by atoms with Gasteiger partial charge in [0.2, 0.25) is 5.91 Å². The predicted molar refractivity (Wildman–Crippen MR) is 49.1 cm³/mol. The second kappa shape index (κ2) is 5.57.